The van der Waals surface area contributed by atoms with E-state index in [1.807, 2.05) is 72.4 Å². The first-order valence-electron chi connectivity index (χ1n) is 10.0. The lowest BCUT2D eigenvalue weighted by atomic mass is 10.1. The molecule has 3 heterocycles. The summed E-state index contributed by atoms with van der Waals surface area (Å²) in [6.07, 6.45) is 0. The first kappa shape index (κ1) is 21.0. The summed E-state index contributed by atoms with van der Waals surface area (Å²) in [5.74, 6) is 0.489. The molecule has 3 aromatic heterocycles. The molecule has 0 spiro atoms. The molecular formula is C25H19NO3S3. The van der Waals surface area contributed by atoms with Crippen LogP contribution in [-0.4, -0.2) is 11.0 Å². The quantitative estimate of drug-likeness (QED) is 0.179. The minimum atomic E-state index is -0.439. The maximum absolute atomic E-state index is 12.9. The maximum atomic E-state index is 12.9. The molecule has 5 aromatic rings. The van der Waals surface area contributed by atoms with Gasteiger partial charge in [-0.3, -0.25) is 0 Å². The Morgan fingerprint density at radius 2 is 1.91 bits per heavy atom. The highest BCUT2D eigenvalue weighted by Gasteiger charge is 2.22. The van der Waals surface area contributed by atoms with Crippen LogP contribution in [0.4, 0.5) is 0 Å². The van der Waals surface area contributed by atoms with Crippen LogP contribution < -0.4 is 0 Å². The van der Waals surface area contributed by atoms with Crippen LogP contribution in [0.2, 0.25) is 0 Å². The van der Waals surface area contributed by atoms with E-state index in [9.17, 15) is 4.79 Å². The van der Waals surface area contributed by atoms with Crippen LogP contribution in [0, 0.1) is 6.92 Å². The van der Waals surface area contributed by atoms with Gasteiger partial charge in [0.05, 0.1) is 20.3 Å². The Labute approximate surface area is 197 Å². The van der Waals surface area contributed by atoms with E-state index < -0.39 is 5.97 Å². The number of furan rings is 1. The predicted molar refractivity (Wildman–Crippen MR) is 132 cm³/mol. The molecule has 0 aliphatic heterocycles. The molecule has 7 heteroatoms. The zero-order chi connectivity index (χ0) is 21.9. The number of thioether (sulfide) groups is 1. The van der Waals surface area contributed by atoms with Crippen LogP contribution in [0.3, 0.4) is 0 Å². The van der Waals surface area contributed by atoms with E-state index in [-0.39, 0.29) is 12.4 Å². The van der Waals surface area contributed by atoms with E-state index >= 15 is 0 Å². The number of carbonyl (C=O) groups excluding carboxylic acids is 1. The summed E-state index contributed by atoms with van der Waals surface area (Å²) in [5.41, 5.74) is 6.49. The van der Waals surface area contributed by atoms with Gasteiger partial charge in [0.2, 0.25) is 5.76 Å². The molecule has 0 atom stereocenters. The number of hydrogen-bond acceptors (Lipinski definition) is 7. The molecule has 0 bridgehead atoms. The summed E-state index contributed by atoms with van der Waals surface area (Å²) >= 11 is 5.00. The van der Waals surface area contributed by atoms with Crippen molar-refractivity contribution in [1.82, 2.24) is 4.98 Å². The van der Waals surface area contributed by atoms with Gasteiger partial charge in [0.25, 0.3) is 0 Å². The lowest BCUT2D eigenvalue weighted by Gasteiger charge is -2.06. The first-order valence-corrected chi connectivity index (χ1v) is 12.8. The number of hydrogen-bond donors (Lipinski definition) is 0. The summed E-state index contributed by atoms with van der Waals surface area (Å²) in [6.45, 7) is 2.19. The Bertz CT molecular complexity index is 1350. The lowest BCUT2D eigenvalue weighted by molar-refractivity contribution is 0.0437. The Kier molecular flexibility index (Phi) is 6.12. The monoisotopic (exact) mass is 477 g/mol. The minimum Gasteiger partial charge on any atom is -0.455 e. The second-order valence-corrected chi connectivity index (χ2v) is 10.2. The molecule has 0 unspecified atom stereocenters. The molecule has 32 heavy (non-hydrogen) atoms. The largest absolute Gasteiger partial charge is 0.455 e. The number of rotatable bonds is 7. The van der Waals surface area contributed by atoms with Gasteiger partial charge in [0.1, 0.15) is 12.2 Å². The summed E-state index contributed by atoms with van der Waals surface area (Å²) in [4.78, 5) is 18.4. The van der Waals surface area contributed by atoms with E-state index in [0.717, 1.165) is 32.6 Å². The number of nitrogens with zero attached hydrogens (tertiary/aromatic N) is 1. The zero-order valence-electron chi connectivity index (χ0n) is 17.2. The molecule has 2 aromatic carbocycles. The van der Waals surface area contributed by atoms with E-state index in [0.29, 0.717) is 11.3 Å². The Morgan fingerprint density at radius 3 is 2.66 bits per heavy atom. The topological polar surface area (TPSA) is 52.3 Å². The number of thiophene rings is 1. The molecule has 0 N–H and O–H groups in total. The molecule has 0 radical (unpaired) electrons. The molecule has 5 rings (SSSR count). The minimum absolute atomic E-state index is 0.190. The van der Waals surface area contributed by atoms with Gasteiger partial charge in [-0.15, -0.1) is 34.4 Å². The van der Waals surface area contributed by atoms with Crippen molar-refractivity contribution in [2.24, 2.45) is 0 Å². The molecule has 0 saturated carbocycles. The second kappa shape index (κ2) is 9.32. The smallest absolute Gasteiger partial charge is 0.374 e. The van der Waals surface area contributed by atoms with Crippen LogP contribution in [0.1, 0.15) is 27.4 Å². The number of aromatic nitrogens is 1. The van der Waals surface area contributed by atoms with Crippen molar-refractivity contribution in [3.05, 3.63) is 94.1 Å². The highest BCUT2D eigenvalue weighted by molar-refractivity contribution is 8.00. The second-order valence-electron chi connectivity index (χ2n) is 7.17. The van der Waals surface area contributed by atoms with Crippen LogP contribution in [0.15, 0.2) is 80.2 Å². The van der Waals surface area contributed by atoms with Crippen LogP contribution >= 0.6 is 34.4 Å². The standard InChI is InChI=1S/C25H19NO3S3/c1-16-24(32-15-26-16)18-10-8-17(9-11-18)13-28-25(27)23-20(14-31-22-7-4-12-30-22)19-5-2-3-6-21(19)29-23/h2-12,15H,13-14H2,1H3. The molecule has 4 nitrogen and oxygen atoms in total. The van der Waals surface area contributed by atoms with Gasteiger partial charge in [-0.05, 0) is 35.6 Å². The first-order chi connectivity index (χ1) is 15.7. The highest BCUT2D eigenvalue weighted by Crippen LogP contribution is 2.34. The van der Waals surface area contributed by atoms with Gasteiger partial charge in [0.15, 0.2) is 0 Å². The molecule has 0 aliphatic rings. The van der Waals surface area contributed by atoms with Crippen molar-refractivity contribution in [3.8, 4) is 10.4 Å². The summed E-state index contributed by atoms with van der Waals surface area (Å²) in [7, 11) is 0. The summed E-state index contributed by atoms with van der Waals surface area (Å²) < 4.78 is 12.7. The zero-order valence-corrected chi connectivity index (χ0v) is 19.7. The van der Waals surface area contributed by atoms with Gasteiger partial charge in [-0.1, -0.05) is 48.5 Å². The molecule has 160 valence electrons. The van der Waals surface area contributed by atoms with Gasteiger partial charge in [-0.25, -0.2) is 9.78 Å². The summed E-state index contributed by atoms with van der Waals surface area (Å²) in [5, 5.41) is 3.00. The lowest BCUT2D eigenvalue weighted by Crippen LogP contribution is -2.06. The van der Waals surface area contributed by atoms with Gasteiger partial charge in [0, 0.05) is 16.7 Å². The van der Waals surface area contributed by atoms with Gasteiger partial charge >= 0.3 is 5.97 Å². The number of fused-ring (bicyclic) bond motifs is 1. The molecule has 0 aliphatic carbocycles. The van der Waals surface area contributed by atoms with Crippen molar-refractivity contribution >= 4 is 51.4 Å². The fourth-order valence-electron chi connectivity index (χ4n) is 3.44. The summed E-state index contributed by atoms with van der Waals surface area (Å²) in [6, 6.07) is 19.9. The number of benzene rings is 2. The fourth-order valence-corrected chi connectivity index (χ4v) is 6.07. The number of carbonyl (C=O) groups is 1. The van der Waals surface area contributed by atoms with Crippen molar-refractivity contribution in [2.45, 2.75) is 23.5 Å². The Morgan fingerprint density at radius 1 is 1.06 bits per heavy atom. The van der Waals surface area contributed by atoms with E-state index in [1.54, 1.807) is 34.4 Å². The fraction of sp³-hybridized carbons (Fsp3) is 0.120. The third-order valence-corrected chi connectivity index (χ3v) is 8.20. The SMILES string of the molecule is Cc1ncsc1-c1ccc(COC(=O)c2oc3ccccc3c2CSc2cccs2)cc1. The van der Waals surface area contributed by atoms with Crippen LogP contribution in [0.25, 0.3) is 21.4 Å². The van der Waals surface area contributed by atoms with Gasteiger partial charge < -0.3 is 9.15 Å². The highest BCUT2D eigenvalue weighted by atomic mass is 32.2. The van der Waals surface area contributed by atoms with Crippen molar-refractivity contribution in [2.75, 3.05) is 0 Å². The maximum Gasteiger partial charge on any atom is 0.374 e. The number of aryl methyl sites for hydroxylation is 1. The Balaban J connectivity index is 1.32. The van der Waals surface area contributed by atoms with E-state index in [1.165, 1.54) is 4.21 Å². The predicted octanol–water partition coefficient (Wildman–Crippen LogP) is 7.58. The average Bonchev–Trinajstić information content (AvgIpc) is 3.56. The molecule has 0 saturated heterocycles. The molecular weight excluding hydrogens is 458 g/mol. The third-order valence-electron chi connectivity index (χ3n) is 5.07. The number of thiazole rings is 1. The van der Waals surface area contributed by atoms with E-state index in [2.05, 4.69) is 11.1 Å². The van der Waals surface area contributed by atoms with Crippen LogP contribution in [-0.2, 0) is 17.1 Å². The number of para-hydroxylation sites is 1. The average molecular weight is 478 g/mol. The Hall–Kier alpha value is -2.87. The van der Waals surface area contributed by atoms with Crippen molar-refractivity contribution in [3.63, 3.8) is 0 Å². The van der Waals surface area contributed by atoms with Gasteiger partial charge in [-0.2, -0.15) is 0 Å². The van der Waals surface area contributed by atoms with Crippen LogP contribution in [0.5, 0.6) is 0 Å². The number of esters is 1. The number of ether oxygens (including phenoxy) is 1. The van der Waals surface area contributed by atoms with E-state index in [4.69, 9.17) is 9.15 Å². The normalized spacial score (nSPS) is 11.2. The van der Waals surface area contributed by atoms with Crippen molar-refractivity contribution < 1.29 is 13.9 Å². The third kappa shape index (κ3) is 4.37. The molecule has 0 amide bonds. The van der Waals surface area contributed by atoms with Crippen molar-refractivity contribution in [1.29, 1.82) is 0 Å². The molecule has 0 fully saturated rings.